The van der Waals surface area contributed by atoms with Gasteiger partial charge in [0.05, 0.1) is 12.0 Å². The first-order chi connectivity index (χ1) is 12.7. The number of aryl methyl sites for hydroxylation is 1. The second-order valence-electron chi connectivity index (χ2n) is 6.10. The van der Waals surface area contributed by atoms with Crippen molar-refractivity contribution in [3.8, 4) is 5.75 Å². The maximum absolute atomic E-state index is 13.2. The number of halogens is 1. The first kappa shape index (κ1) is 20.9. The van der Waals surface area contributed by atoms with Gasteiger partial charge in [-0.25, -0.2) is 17.5 Å². The van der Waals surface area contributed by atoms with E-state index < -0.39 is 15.8 Å². The Morgan fingerprint density at radius 3 is 2.41 bits per heavy atom. The third-order valence-electron chi connectivity index (χ3n) is 4.08. The zero-order valence-electron chi connectivity index (χ0n) is 15.5. The van der Waals surface area contributed by atoms with Crippen LogP contribution in [0, 0.1) is 12.7 Å². The summed E-state index contributed by atoms with van der Waals surface area (Å²) in [4.78, 5) is 13.4. The van der Waals surface area contributed by atoms with Gasteiger partial charge in [-0.05, 0) is 48.4 Å². The quantitative estimate of drug-likeness (QED) is 0.746. The number of rotatable bonds is 8. The molecule has 0 bridgehead atoms. The van der Waals surface area contributed by atoms with Gasteiger partial charge < -0.3 is 9.64 Å². The highest BCUT2D eigenvalue weighted by molar-refractivity contribution is 7.89. The Labute approximate surface area is 159 Å². The maximum atomic E-state index is 13.2. The molecular formula is C19H23FN2O4S. The Kier molecular flexibility index (Phi) is 6.92. The molecule has 0 aliphatic rings. The zero-order valence-corrected chi connectivity index (χ0v) is 16.3. The van der Waals surface area contributed by atoms with Crippen LogP contribution in [0.2, 0.25) is 0 Å². The van der Waals surface area contributed by atoms with Crippen LogP contribution in [0.15, 0.2) is 47.4 Å². The summed E-state index contributed by atoms with van der Waals surface area (Å²) in [5.74, 6) is 0.0622. The van der Waals surface area contributed by atoms with E-state index in [0.29, 0.717) is 12.1 Å². The van der Waals surface area contributed by atoms with Crippen molar-refractivity contribution in [1.29, 1.82) is 0 Å². The maximum Gasteiger partial charge on any atom is 0.240 e. The molecule has 0 aromatic heterocycles. The molecule has 0 radical (unpaired) electrons. The lowest BCUT2D eigenvalue weighted by atomic mass is 10.2. The van der Waals surface area contributed by atoms with Crippen LogP contribution in [0.5, 0.6) is 5.75 Å². The van der Waals surface area contributed by atoms with E-state index in [9.17, 15) is 17.6 Å². The third-order valence-corrected chi connectivity index (χ3v) is 5.70. The topological polar surface area (TPSA) is 75.7 Å². The first-order valence-electron chi connectivity index (χ1n) is 8.37. The Bertz CT molecular complexity index is 898. The van der Waals surface area contributed by atoms with E-state index in [1.807, 2.05) is 12.1 Å². The second-order valence-corrected chi connectivity index (χ2v) is 7.83. The zero-order chi connectivity index (χ0) is 20.0. The Hall–Kier alpha value is -2.45. The minimum atomic E-state index is -3.78. The average Bonchev–Trinajstić information content (AvgIpc) is 2.60. The van der Waals surface area contributed by atoms with E-state index in [-0.39, 0.29) is 23.9 Å². The van der Waals surface area contributed by atoms with Crippen molar-refractivity contribution in [1.82, 2.24) is 9.62 Å². The summed E-state index contributed by atoms with van der Waals surface area (Å²) >= 11 is 0. The fraction of sp³-hybridized carbons (Fsp3) is 0.316. The van der Waals surface area contributed by atoms with Crippen molar-refractivity contribution in [2.75, 3.05) is 20.2 Å². The smallest absolute Gasteiger partial charge is 0.240 e. The molecule has 0 aliphatic carbocycles. The molecule has 0 atom stereocenters. The third kappa shape index (κ3) is 5.77. The lowest BCUT2D eigenvalue weighted by Crippen LogP contribution is -2.37. The number of benzene rings is 2. The second kappa shape index (κ2) is 8.96. The van der Waals surface area contributed by atoms with Crippen LogP contribution in [-0.2, 0) is 21.4 Å². The predicted octanol–water partition coefficient (Wildman–Crippen LogP) is 2.47. The fourth-order valence-electron chi connectivity index (χ4n) is 2.61. The Balaban J connectivity index is 1.99. The van der Waals surface area contributed by atoms with E-state index in [1.54, 1.807) is 24.1 Å². The molecule has 0 spiro atoms. The number of carbonyl (C=O) groups excluding carboxylic acids is 1. The fourth-order valence-corrected chi connectivity index (χ4v) is 3.85. The Morgan fingerprint density at radius 1 is 1.19 bits per heavy atom. The lowest BCUT2D eigenvalue weighted by molar-refractivity contribution is -0.129. The molecule has 0 saturated heterocycles. The van der Waals surface area contributed by atoms with E-state index in [4.69, 9.17) is 4.74 Å². The molecule has 146 valence electrons. The number of sulfonamides is 1. The van der Waals surface area contributed by atoms with Crippen LogP contribution >= 0.6 is 0 Å². The van der Waals surface area contributed by atoms with Crippen molar-refractivity contribution in [3.05, 3.63) is 59.4 Å². The Morgan fingerprint density at radius 2 is 1.85 bits per heavy atom. The predicted molar refractivity (Wildman–Crippen MR) is 100 cm³/mol. The highest BCUT2D eigenvalue weighted by Crippen LogP contribution is 2.16. The van der Waals surface area contributed by atoms with Crippen LogP contribution in [0.3, 0.4) is 0 Å². The van der Waals surface area contributed by atoms with Crippen LogP contribution in [0.25, 0.3) is 0 Å². The number of nitrogens with one attached hydrogen (secondary N) is 1. The molecule has 0 saturated carbocycles. The van der Waals surface area contributed by atoms with Gasteiger partial charge in [-0.2, -0.15) is 0 Å². The van der Waals surface area contributed by atoms with Crippen molar-refractivity contribution >= 4 is 15.9 Å². The number of amides is 1. The van der Waals surface area contributed by atoms with Gasteiger partial charge >= 0.3 is 0 Å². The van der Waals surface area contributed by atoms with E-state index in [2.05, 4.69) is 4.72 Å². The van der Waals surface area contributed by atoms with Crippen LogP contribution < -0.4 is 9.46 Å². The minimum Gasteiger partial charge on any atom is -0.497 e. The van der Waals surface area contributed by atoms with Crippen LogP contribution in [0.1, 0.15) is 18.1 Å². The molecule has 0 heterocycles. The lowest BCUT2D eigenvalue weighted by Gasteiger charge is -2.21. The van der Waals surface area contributed by atoms with Gasteiger partial charge in [0.25, 0.3) is 0 Å². The highest BCUT2D eigenvalue weighted by Gasteiger charge is 2.18. The highest BCUT2D eigenvalue weighted by atomic mass is 32.2. The number of methoxy groups -OCH3 is 1. The number of carbonyl (C=O) groups is 1. The van der Waals surface area contributed by atoms with Crippen LogP contribution in [0.4, 0.5) is 4.39 Å². The van der Waals surface area contributed by atoms with Gasteiger partial charge in [0.2, 0.25) is 15.9 Å². The van der Waals surface area contributed by atoms with E-state index in [1.165, 1.54) is 26.0 Å². The minimum absolute atomic E-state index is 0.0217. The number of hydrogen-bond donors (Lipinski definition) is 1. The molecule has 2 rings (SSSR count). The first-order valence-corrected chi connectivity index (χ1v) is 9.85. The van der Waals surface area contributed by atoms with E-state index in [0.717, 1.165) is 17.4 Å². The van der Waals surface area contributed by atoms with Crippen molar-refractivity contribution in [2.45, 2.75) is 25.3 Å². The van der Waals surface area contributed by atoms with Crippen molar-refractivity contribution in [3.63, 3.8) is 0 Å². The summed E-state index contributed by atoms with van der Waals surface area (Å²) in [6.45, 7) is 3.58. The summed E-state index contributed by atoms with van der Waals surface area (Å²) in [6, 6.07) is 10.8. The van der Waals surface area contributed by atoms with Gasteiger partial charge in [0.15, 0.2) is 0 Å². The molecule has 0 unspecified atom stereocenters. The molecule has 27 heavy (non-hydrogen) atoms. The summed E-state index contributed by atoms with van der Waals surface area (Å²) < 4.78 is 45.5. The van der Waals surface area contributed by atoms with Gasteiger partial charge in [-0.15, -0.1) is 0 Å². The molecule has 0 aliphatic heterocycles. The number of ether oxygens (including phenoxy) is 1. The molecule has 2 aromatic carbocycles. The van der Waals surface area contributed by atoms with E-state index >= 15 is 0 Å². The van der Waals surface area contributed by atoms with Crippen molar-refractivity contribution in [2.24, 2.45) is 0 Å². The van der Waals surface area contributed by atoms with Gasteiger partial charge in [-0.3, -0.25) is 4.79 Å². The molecule has 8 heteroatoms. The number of nitrogens with zero attached hydrogens (tertiary/aromatic N) is 1. The molecule has 1 amide bonds. The van der Waals surface area contributed by atoms with Crippen molar-refractivity contribution < 1.29 is 22.3 Å². The molecule has 1 N–H and O–H groups in total. The standard InChI is InChI=1S/C19H23FN2O4S/c1-14-12-17(20)6-9-19(14)27(24,25)21-10-11-22(15(2)23)13-16-4-7-18(26-3)8-5-16/h4-9,12,21H,10-11,13H2,1-3H3. The molecule has 2 aromatic rings. The summed E-state index contributed by atoms with van der Waals surface area (Å²) in [5.41, 5.74) is 1.23. The summed E-state index contributed by atoms with van der Waals surface area (Å²) in [6.07, 6.45) is 0. The monoisotopic (exact) mass is 394 g/mol. The van der Waals surface area contributed by atoms with Gasteiger partial charge in [0, 0.05) is 26.6 Å². The summed E-state index contributed by atoms with van der Waals surface area (Å²) in [7, 11) is -2.21. The van der Waals surface area contributed by atoms with Gasteiger partial charge in [0.1, 0.15) is 11.6 Å². The summed E-state index contributed by atoms with van der Waals surface area (Å²) in [5, 5.41) is 0. The number of hydrogen-bond acceptors (Lipinski definition) is 4. The molecular weight excluding hydrogens is 371 g/mol. The molecule has 6 nitrogen and oxygen atoms in total. The molecule has 0 fully saturated rings. The normalized spacial score (nSPS) is 11.3. The SMILES string of the molecule is COc1ccc(CN(CCNS(=O)(=O)c2ccc(F)cc2C)C(C)=O)cc1. The largest absolute Gasteiger partial charge is 0.497 e. The van der Waals surface area contributed by atoms with Gasteiger partial charge in [-0.1, -0.05) is 12.1 Å². The van der Waals surface area contributed by atoms with Crippen LogP contribution in [-0.4, -0.2) is 39.4 Å². The average molecular weight is 394 g/mol.